The number of rotatable bonds is 5. The predicted molar refractivity (Wildman–Crippen MR) is 79.6 cm³/mol. The van der Waals surface area contributed by atoms with E-state index in [1.165, 1.54) is 0 Å². The number of aliphatic hydroxyl groups is 1. The molecule has 1 N–H and O–H groups in total. The largest absolute Gasteiger partial charge is 0.450 e. The van der Waals surface area contributed by atoms with Gasteiger partial charge in [0.25, 0.3) is 0 Å². The number of nitrogens with zero attached hydrogens (tertiary/aromatic N) is 1. The zero-order chi connectivity index (χ0) is 15.4. The minimum atomic E-state index is -0.507. The van der Waals surface area contributed by atoms with Gasteiger partial charge in [0, 0.05) is 5.56 Å². The first-order chi connectivity index (χ1) is 10.0. The zero-order valence-electron chi connectivity index (χ0n) is 11.9. The molecule has 0 bridgehead atoms. The molecule has 5 nitrogen and oxygen atoms in total. The summed E-state index contributed by atoms with van der Waals surface area (Å²) in [5, 5.41) is 20.8. The molecule has 0 fully saturated rings. The van der Waals surface area contributed by atoms with Gasteiger partial charge in [-0.3, -0.25) is 10.1 Å². The van der Waals surface area contributed by atoms with Crippen molar-refractivity contribution in [3.8, 4) is 11.5 Å². The molecular weight excluding hydrogens is 270 g/mol. The summed E-state index contributed by atoms with van der Waals surface area (Å²) in [7, 11) is 0. The van der Waals surface area contributed by atoms with Gasteiger partial charge in [0.2, 0.25) is 5.75 Å². The van der Waals surface area contributed by atoms with Crippen LogP contribution >= 0.6 is 0 Å². The molecule has 0 amide bonds. The highest BCUT2D eigenvalue weighted by Crippen LogP contribution is 2.34. The van der Waals surface area contributed by atoms with Crippen LogP contribution in [-0.4, -0.2) is 10.0 Å². The van der Waals surface area contributed by atoms with Crippen LogP contribution in [0.1, 0.15) is 30.6 Å². The van der Waals surface area contributed by atoms with E-state index < -0.39 is 11.0 Å². The van der Waals surface area contributed by atoms with Crippen molar-refractivity contribution in [3.63, 3.8) is 0 Å². The van der Waals surface area contributed by atoms with E-state index in [4.69, 9.17) is 4.74 Å². The topological polar surface area (TPSA) is 72.6 Å². The fourth-order valence-corrected chi connectivity index (χ4v) is 2.07. The quantitative estimate of drug-likeness (QED) is 0.662. The molecule has 5 heteroatoms. The monoisotopic (exact) mass is 287 g/mol. The van der Waals surface area contributed by atoms with Crippen molar-refractivity contribution in [2.45, 2.75) is 26.4 Å². The van der Waals surface area contributed by atoms with Crippen LogP contribution in [0.25, 0.3) is 0 Å². The van der Waals surface area contributed by atoms with Crippen LogP contribution in [0.4, 0.5) is 5.69 Å². The number of benzene rings is 2. The Morgan fingerprint density at radius 2 is 1.90 bits per heavy atom. The van der Waals surface area contributed by atoms with Crippen molar-refractivity contribution in [2.75, 3.05) is 0 Å². The average Bonchev–Trinajstić information content (AvgIpc) is 2.47. The molecule has 21 heavy (non-hydrogen) atoms. The van der Waals surface area contributed by atoms with Gasteiger partial charge in [0.05, 0.1) is 11.0 Å². The van der Waals surface area contributed by atoms with Gasteiger partial charge in [-0.15, -0.1) is 0 Å². The molecule has 0 aliphatic rings. The summed E-state index contributed by atoms with van der Waals surface area (Å²) in [6.07, 6.45) is 0.121. The molecule has 2 aromatic rings. The zero-order valence-corrected chi connectivity index (χ0v) is 11.9. The van der Waals surface area contributed by atoms with E-state index in [0.717, 1.165) is 5.56 Å². The third-order valence-electron chi connectivity index (χ3n) is 3.26. The van der Waals surface area contributed by atoms with E-state index in [9.17, 15) is 15.2 Å². The molecule has 0 spiro atoms. The van der Waals surface area contributed by atoms with E-state index >= 15 is 0 Å². The molecule has 2 aromatic carbocycles. The number of para-hydroxylation sites is 1. The molecule has 0 saturated heterocycles. The first-order valence-corrected chi connectivity index (χ1v) is 6.72. The van der Waals surface area contributed by atoms with Crippen molar-refractivity contribution in [1.29, 1.82) is 0 Å². The fourth-order valence-electron chi connectivity index (χ4n) is 2.07. The second kappa shape index (κ2) is 6.37. The lowest BCUT2D eigenvalue weighted by Crippen LogP contribution is -1.97. The van der Waals surface area contributed by atoms with Crippen LogP contribution in [0.5, 0.6) is 11.5 Å². The van der Waals surface area contributed by atoms with Crippen LogP contribution in [0.3, 0.4) is 0 Å². The maximum Gasteiger partial charge on any atom is 0.314 e. The van der Waals surface area contributed by atoms with Gasteiger partial charge >= 0.3 is 5.69 Å². The number of hydrogen-bond acceptors (Lipinski definition) is 4. The Labute approximate surface area is 123 Å². The van der Waals surface area contributed by atoms with Gasteiger partial charge in [-0.2, -0.15) is 0 Å². The predicted octanol–water partition coefficient (Wildman–Crippen LogP) is 4.14. The number of hydrogen-bond donors (Lipinski definition) is 1. The van der Waals surface area contributed by atoms with Crippen molar-refractivity contribution in [2.24, 2.45) is 0 Å². The molecule has 2 rings (SSSR count). The highest BCUT2D eigenvalue weighted by atomic mass is 16.6. The van der Waals surface area contributed by atoms with E-state index in [2.05, 4.69) is 0 Å². The molecule has 0 aliphatic heterocycles. The molecule has 110 valence electrons. The molecular formula is C16H17NO4. The van der Waals surface area contributed by atoms with E-state index in [0.29, 0.717) is 17.7 Å². The molecule has 1 atom stereocenters. The number of aryl methyl sites for hydroxylation is 1. The van der Waals surface area contributed by atoms with Gasteiger partial charge in [-0.25, -0.2) is 0 Å². The van der Waals surface area contributed by atoms with E-state index in [-0.39, 0.29) is 11.4 Å². The third kappa shape index (κ3) is 3.38. The van der Waals surface area contributed by atoms with Crippen molar-refractivity contribution < 1.29 is 14.8 Å². The second-order valence-corrected chi connectivity index (χ2v) is 4.77. The van der Waals surface area contributed by atoms with Crippen LogP contribution < -0.4 is 4.74 Å². The molecule has 0 aliphatic carbocycles. The van der Waals surface area contributed by atoms with Gasteiger partial charge in [0.1, 0.15) is 5.75 Å². The van der Waals surface area contributed by atoms with Gasteiger partial charge in [-0.05, 0) is 37.1 Å². The summed E-state index contributed by atoms with van der Waals surface area (Å²) in [6.45, 7) is 3.57. The fraction of sp³-hybridized carbons (Fsp3) is 0.250. The lowest BCUT2D eigenvalue weighted by atomic mass is 10.1. The van der Waals surface area contributed by atoms with E-state index in [1.54, 1.807) is 49.4 Å². The van der Waals surface area contributed by atoms with Gasteiger partial charge < -0.3 is 9.84 Å². The Morgan fingerprint density at radius 3 is 2.48 bits per heavy atom. The lowest BCUT2D eigenvalue weighted by Gasteiger charge is -2.10. The highest BCUT2D eigenvalue weighted by molar-refractivity contribution is 5.53. The highest BCUT2D eigenvalue weighted by Gasteiger charge is 2.18. The number of ether oxygens (including phenoxy) is 1. The normalized spacial score (nSPS) is 12.0. The summed E-state index contributed by atoms with van der Waals surface area (Å²) in [6, 6.07) is 11.9. The Bertz CT molecular complexity index is 637. The SMILES string of the molecule is CC[C@H](O)c1ccc(Oc2cccc(C)c2[N+](=O)[O-])cc1. The van der Waals surface area contributed by atoms with Gasteiger partial charge in [0.15, 0.2) is 0 Å². The summed E-state index contributed by atoms with van der Waals surface area (Å²) >= 11 is 0. The molecule has 0 radical (unpaired) electrons. The van der Waals surface area contributed by atoms with Crippen LogP contribution in [0.15, 0.2) is 42.5 Å². The van der Waals surface area contributed by atoms with Crippen LogP contribution in [0.2, 0.25) is 0 Å². The second-order valence-electron chi connectivity index (χ2n) is 4.77. The van der Waals surface area contributed by atoms with Gasteiger partial charge in [-0.1, -0.05) is 31.2 Å². The summed E-state index contributed by atoms with van der Waals surface area (Å²) in [4.78, 5) is 10.7. The summed E-state index contributed by atoms with van der Waals surface area (Å²) in [5.41, 5.74) is 1.31. The molecule has 0 unspecified atom stereocenters. The summed E-state index contributed by atoms with van der Waals surface area (Å²) in [5.74, 6) is 0.708. The maximum atomic E-state index is 11.1. The molecule has 0 aromatic heterocycles. The van der Waals surface area contributed by atoms with Crippen molar-refractivity contribution >= 4 is 5.69 Å². The Hall–Kier alpha value is -2.40. The van der Waals surface area contributed by atoms with E-state index in [1.807, 2.05) is 6.92 Å². The first-order valence-electron chi connectivity index (χ1n) is 6.72. The first kappa shape index (κ1) is 15.0. The smallest absolute Gasteiger partial charge is 0.314 e. The standard InChI is InChI=1S/C16H17NO4/c1-3-14(18)12-7-9-13(10-8-12)21-15-6-4-5-11(2)16(15)17(19)20/h4-10,14,18H,3H2,1-2H3/t14-/m0/s1. The Kier molecular flexibility index (Phi) is 4.55. The Morgan fingerprint density at radius 1 is 1.24 bits per heavy atom. The number of nitro groups is 1. The lowest BCUT2D eigenvalue weighted by molar-refractivity contribution is -0.386. The maximum absolute atomic E-state index is 11.1. The van der Waals surface area contributed by atoms with Crippen molar-refractivity contribution in [1.82, 2.24) is 0 Å². The number of nitro benzene ring substituents is 1. The number of aliphatic hydroxyl groups excluding tert-OH is 1. The Balaban J connectivity index is 2.27. The molecule has 0 heterocycles. The minimum Gasteiger partial charge on any atom is -0.450 e. The minimum absolute atomic E-state index is 0.0323. The summed E-state index contributed by atoms with van der Waals surface area (Å²) < 4.78 is 5.60. The molecule has 0 saturated carbocycles. The van der Waals surface area contributed by atoms with Crippen LogP contribution in [-0.2, 0) is 0 Å². The van der Waals surface area contributed by atoms with Crippen molar-refractivity contribution in [3.05, 3.63) is 63.7 Å². The third-order valence-corrected chi connectivity index (χ3v) is 3.26. The van der Waals surface area contributed by atoms with Crippen LogP contribution in [0, 0.1) is 17.0 Å². The average molecular weight is 287 g/mol.